The Balaban J connectivity index is 1.97. The summed E-state index contributed by atoms with van der Waals surface area (Å²) in [5.74, 6) is 1.32. The van der Waals surface area contributed by atoms with Gasteiger partial charge in [-0.3, -0.25) is 0 Å². The second-order valence-electron chi connectivity index (χ2n) is 5.32. The van der Waals surface area contributed by atoms with Crippen LogP contribution in [-0.2, 0) is 26.4 Å². The van der Waals surface area contributed by atoms with Gasteiger partial charge in [0, 0.05) is 30.9 Å². The number of aromatic nitrogens is 3. The molecule has 0 radical (unpaired) electrons. The third-order valence-corrected chi connectivity index (χ3v) is 3.72. The van der Waals surface area contributed by atoms with Crippen LogP contribution in [0.25, 0.3) is 0 Å². The van der Waals surface area contributed by atoms with Crippen molar-refractivity contribution >= 4 is 0 Å². The Kier molecular flexibility index (Phi) is 3.44. The predicted octanol–water partition coefficient (Wildman–Crippen LogP) is 2.25. The van der Waals surface area contributed by atoms with Gasteiger partial charge < -0.3 is 10.5 Å². The fraction of sp³-hybridized carbons (Fsp3) is 0.467. The summed E-state index contributed by atoms with van der Waals surface area (Å²) in [7, 11) is 1.86. The van der Waals surface area contributed by atoms with Gasteiger partial charge in [-0.05, 0) is 44.2 Å². The Labute approximate surface area is 118 Å². The van der Waals surface area contributed by atoms with E-state index in [-0.39, 0.29) is 0 Å². The summed E-state index contributed by atoms with van der Waals surface area (Å²) in [4.78, 5) is 4.69. The maximum Gasteiger partial charge on any atom is 0.226 e. The maximum absolute atomic E-state index is 5.93. The molecule has 2 aromatic heterocycles. The highest BCUT2D eigenvalue weighted by Gasteiger charge is 2.16. The number of nitrogens with two attached hydrogens (primary N) is 1. The normalized spacial score (nSPS) is 14.2. The number of hydrogen-bond donors (Lipinski definition) is 1. The molecule has 5 heteroatoms. The first-order valence-electron chi connectivity index (χ1n) is 7.07. The molecule has 1 aliphatic carbocycles. The van der Waals surface area contributed by atoms with E-state index < -0.39 is 0 Å². The van der Waals surface area contributed by atoms with Gasteiger partial charge in [-0.15, -0.1) is 0 Å². The number of ether oxygens (including phenoxy) is 1. The summed E-state index contributed by atoms with van der Waals surface area (Å²) in [6, 6.07) is 4.06. The summed E-state index contributed by atoms with van der Waals surface area (Å²) in [6.07, 6.45) is 4.56. The molecule has 0 unspecified atom stereocenters. The van der Waals surface area contributed by atoms with E-state index >= 15 is 0 Å². The molecule has 20 heavy (non-hydrogen) atoms. The third-order valence-electron chi connectivity index (χ3n) is 3.72. The Morgan fingerprint density at radius 1 is 1.30 bits per heavy atom. The van der Waals surface area contributed by atoms with Gasteiger partial charge in [-0.25, -0.2) is 9.67 Å². The van der Waals surface area contributed by atoms with Gasteiger partial charge >= 0.3 is 0 Å². The molecule has 0 atom stereocenters. The first-order chi connectivity index (χ1) is 9.67. The molecule has 3 rings (SSSR count). The van der Waals surface area contributed by atoms with Crippen LogP contribution >= 0.6 is 0 Å². The zero-order chi connectivity index (χ0) is 14.1. The molecular formula is C15H20N4O. The van der Waals surface area contributed by atoms with Crippen molar-refractivity contribution in [2.24, 2.45) is 12.8 Å². The van der Waals surface area contributed by atoms with E-state index in [1.165, 1.54) is 18.4 Å². The van der Waals surface area contributed by atoms with Crippen molar-refractivity contribution < 1.29 is 4.74 Å². The summed E-state index contributed by atoms with van der Waals surface area (Å²) >= 11 is 0. The third kappa shape index (κ3) is 2.41. The van der Waals surface area contributed by atoms with Gasteiger partial charge in [-0.2, -0.15) is 5.10 Å². The van der Waals surface area contributed by atoms with Crippen LogP contribution in [0.15, 0.2) is 12.1 Å². The van der Waals surface area contributed by atoms with E-state index in [0.29, 0.717) is 18.3 Å². The summed E-state index contributed by atoms with van der Waals surface area (Å²) < 4.78 is 7.65. The van der Waals surface area contributed by atoms with E-state index in [1.807, 2.05) is 20.0 Å². The van der Waals surface area contributed by atoms with Crippen LogP contribution < -0.4 is 10.5 Å². The molecule has 106 valence electrons. The largest absolute Gasteiger partial charge is 0.421 e. The van der Waals surface area contributed by atoms with Crippen molar-refractivity contribution in [3.05, 3.63) is 34.6 Å². The number of rotatable bonds is 3. The van der Waals surface area contributed by atoms with Gasteiger partial charge in [0.15, 0.2) is 0 Å². The fourth-order valence-electron chi connectivity index (χ4n) is 2.68. The van der Waals surface area contributed by atoms with Crippen molar-refractivity contribution in [1.82, 2.24) is 14.8 Å². The van der Waals surface area contributed by atoms with Gasteiger partial charge in [0.05, 0.1) is 5.69 Å². The summed E-state index contributed by atoms with van der Waals surface area (Å²) in [5.41, 5.74) is 10.2. The first kappa shape index (κ1) is 13.1. The zero-order valence-electron chi connectivity index (χ0n) is 12.0. The Bertz CT molecular complexity index is 633. The minimum absolute atomic E-state index is 0.437. The van der Waals surface area contributed by atoms with Crippen LogP contribution in [0.3, 0.4) is 0 Å². The van der Waals surface area contributed by atoms with Crippen molar-refractivity contribution in [2.75, 3.05) is 0 Å². The molecule has 0 aromatic carbocycles. The fourth-order valence-corrected chi connectivity index (χ4v) is 2.68. The molecule has 5 nitrogen and oxygen atoms in total. The number of aryl methyl sites for hydroxylation is 4. The summed E-state index contributed by atoms with van der Waals surface area (Å²) in [5, 5.41) is 4.28. The van der Waals surface area contributed by atoms with Crippen LogP contribution in [0.1, 0.15) is 35.4 Å². The highest BCUT2D eigenvalue weighted by molar-refractivity contribution is 5.37. The molecule has 0 bridgehead atoms. The molecule has 0 aliphatic heterocycles. The minimum atomic E-state index is 0.437. The molecule has 2 heterocycles. The molecule has 0 spiro atoms. The Morgan fingerprint density at radius 3 is 2.80 bits per heavy atom. The monoisotopic (exact) mass is 272 g/mol. The highest BCUT2D eigenvalue weighted by Crippen LogP contribution is 2.29. The molecule has 0 fully saturated rings. The van der Waals surface area contributed by atoms with Gasteiger partial charge in [0.1, 0.15) is 0 Å². The minimum Gasteiger partial charge on any atom is -0.421 e. The first-order valence-corrected chi connectivity index (χ1v) is 7.07. The average molecular weight is 272 g/mol. The standard InChI is InChI=1S/C15H20N4O/c1-10-7-14(19(2)18-10)20-15-12(9-16)8-11-5-3-4-6-13(11)17-15/h7-8H,3-6,9,16H2,1-2H3. The summed E-state index contributed by atoms with van der Waals surface area (Å²) in [6.45, 7) is 2.38. The van der Waals surface area contributed by atoms with E-state index in [1.54, 1.807) is 4.68 Å². The van der Waals surface area contributed by atoms with E-state index in [9.17, 15) is 0 Å². The lowest BCUT2D eigenvalue weighted by atomic mass is 9.95. The van der Waals surface area contributed by atoms with E-state index in [4.69, 9.17) is 10.5 Å². The molecule has 2 N–H and O–H groups in total. The maximum atomic E-state index is 5.93. The highest BCUT2D eigenvalue weighted by atomic mass is 16.5. The lowest BCUT2D eigenvalue weighted by Gasteiger charge is -2.18. The predicted molar refractivity (Wildman–Crippen MR) is 76.8 cm³/mol. The molecule has 0 saturated heterocycles. The van der Waals surface area contributed by atoms with Crippen LogP contribution in [0.4, 0.5) is 0 Å². The lowest BCUT2D eigenvalue weighted by Crippen LogP contribution is -2.10. The molecular weight excluding hydrogens is 252 g/mol. The number of fused-ring (bicyclic) bond motifs is 1. The van der Waals surface area contributed by atoms with Gasteiger partial charge in [0.2, 0.25) is 11.8 Å². The van der Waals surface area contributed by atoms with Gasteiger partial charge in [-0.1, -0.05) is 0 Å². The Morgan fingerprint density at radius 2 is 2.10 bits per heavy atom. The SMILES string of the molecule is Cc1cc(Oc2nc3c(cc2CN)CCCC3)n(C)n1. The van der Waals surface area contributed by atoms with Crippen molar-refractivity contribution in [3.63, 3.8) is 0 Å². The molecule has 0 saturated carbocycles. The molecule has 1 aliphatic rings. The van der Waals surface area contributed by atoms with Crippen molar-refractivity contribution in [3.8, 4) is 11.8 Å². The van der Waals surface area contributed by atoms with Crippen LogP contribution in [0.2, 0.25) is 0 Å². The Hall–Kier alpha value is -1.88. The van der Waals surface area contributed by atoms with Crippen LogP contribution in [0.5, 0.6) is 11.8 Å². The quantitative estimate of drug-likeness (QED) is 0.930. The second kappa shape index (κ2) is 5.25. The van der Waals surface area contributed by atoms with Gasteiger partial charge in [0.25, 0.3) is 0 Å². The number of nitrogens with zero attached hydrogens (tertiary/aromatic N) is 3. The number of pyridine rings is 1. The molecule has 2 aromatic rings. The van der Waals surface area contributed by atoms with Crippen molar-refractivity contribution in [2.45, 2.75) is 39.2 Å². The van der Waals surface area contributed by atoms with Crippen LogP contribution in [0, 0.1) is 6.92 Å². The smallest absolute Gasteiger partial charge is 0.226 e. The van der Waals surface area contributed by atoms with Crippen LogP contribution in [-0.4, -0.2) is 14.8 Å². The zero-order valence-corrected chi connectivity index (χ0v) is 12.0. The molecule has 0 amide bonds. The number of hydrogen-bond acceptors (Lipinski definition) is 4. The second-order valence-corrected chi connectivity index (χ2v) is 5.32. The lowest BCUT2D eigenvalue weighted by molar-refractivity contribution is 0.407. The average Bonchev–Trinajstić information content (AvgIpc) is 2.76. The van der Waals surface area contributed by atoms with E-state index in [2.05, 4.69) is 16.1 Å². The van der Waals surface area contributed by atoms with Crippen molar-refractivity contribution in [1.29, 1.82) is 0 Å². The van der Waals surface area contributed by atoms with E-state index in [0.717, 1.165) is 29.8 Å². The topological polar surface area (TPSA) is 66.0 Å².